The molecule has 0 aliphatic carbocycles. The van der Waals surface area contributed by atoms with Gasteiger partial charge in [0.25, 0.3) is 0 Å². The Bertz CT molecular complexity index is 454. The first kappa shape index (κ1) is 11.7. The summed E-state index contributed by atoms with van der Waals surface area (Å²) in [5, 5.41) is 0. The zero-order valence-electron chi connectivity index (χ0n) is 8.44. The second-order valence-electron chi connectivity index (χ2n) is 3.25. The Kier molecular flexibility index (Phi) is 4.02. The summed E-state index contributed by atoms with van der Waals surface area (Å²) < 4.78 is 5.91. The van der Waals surface area contributed by atoms with Gasteiger partial charge in [0.05, 0.1) is 3.74 Å². The molecule has 0 spiro atoms. The summed E-state index contributed by atoms with van der Waals surface area (Å²) in [7, 11) is 0. The number of para-hydroxylation sites is 2. The van der Waals surface area contributed by atoms with Gasteiger partial charge in [0.2, 0.25) is 0 Å². The molecule has 16 heavy (non-hydrogen) atoms. The maximum Gasteiger partial charge on any atom is 0.132 e. The van der Waals surface area contributed by atoms with Gasteiger partial charge in [-0.1, -0.05) is 68.3 Å². The zero-order valence-corrected chi connectivity index (χ0v) is 11.6. The van der Waals surface area contributed by atoms with Crippen molar-refractivity contribution in [3.63, 3.8) is 0 Å². The van der Waals surface area contributed by atoms with Gasteiger partial charge >= 0.3 is 0 Å². The van der Waals surface area contributed by atoms with Crippen molar-refractivity contribution in [2.45, 2.75) is 3.74 Å². The lowest BCUT2D eigenvalue weighted by molar-refractivity contribution is 0.478. The molecule has 0 fully saturated rings. The Morgan fingerprint density at radius 1 is 0.812 bits per heavy atom. The molecule has 2 rings (SSSR count). The molecule has 2 aromatic carbocycles. The highest BCUT2D eigenvalue weighted by atomic mass is 79.9. The number of hydrogen-bond donors (Lipinski definition) is 0. The number of rotatable bonds is 3. The predicted octanol–water partition coefficient (Wildman–Crippen LogP) is 5.27. The monoisotopic (exact) mass is 340 g/mol. The van der Waals surface area contributed by atoms with Gasteiger partial charge in [-0.25, -0.2) is 0 Å². The number of hydrogen-bond acceptors (Lipinski definition) is 1. The minimum Gasteiger partial charge on any atom is -0.457 e. The smallest absolute Gasteiger partial charge is 0.132 e. The Labute approximate surface area is 112 Å². The molecule has 3 heteroatoms. The van der Waals surface area contributed by atoms with E-state index in [0.717, 1.165) is 17.1 Å². The molecule has 0 unspecified atom stereocenters. The fraction of sp³-hybridized carbons (Fsp3) is 0.0769. The van der Waals surface area contributed by atoms with E-state index in [-0.39, 0.29) is 3.74 Å². The lowest BCUT2D eigenvalue weighted by Gasteiger charge is -2.11. The van der Waals surface area contributed by atoms with E-state index in [1.807, 2.05) is 54.6 Å². The molecule has 0 aliphatic rings. The van der Waals surface area contributed by atoms with Crippen molar-refractivity contribution >= 4 is 31.9 Å². The normalized spacial score (nSPS) is 10.4. The van der Waals surface area contributed by atoms with Gasteiger partial charge in [0.1, 0.15) is 11.5 Å². The average molecular weight is 342 g/mol. The largest absolute Gasteiger partial charge is 0.457 e. The van der Waals surface area contributed by atoms with E-state index in [1.54, 1.807) is 0 Å². The van der Waals surface area contributed by atoms with Crippen LogP contribution >= 0.6 is 31.9 Å². The number of halogens is 2. The van der Waals surface area contributed by atoms with Crippen LogP contribution in [-0.4, -0.2) is 0 Å². The summed E-state index contributed by atoms with van der Waals surface area (Å²) in [6, 6.07) is 17.7. The van der Waals surface area contributed by atoms with Gasteiger partial charge in [0, 0.05) is 5.56 Å². The topological polar surface area (TPSA) is 9.23 Å². The van der Waals surface area contributed by atoms with Crippen LogP contribution in [0, 0.1) is 0 Å². The number of benzene rings is 2. The molecule has 0 saturated carbocycles. The molecule has 2 aromatic rings. The highest BCUT2D eigenvalue weighted by molar-refractivity contribution is 9.24. The van der Waals surface area contributed by atoms with Crippen LogP contribution in [0.2, 0.25) is 0 Å². The summed E-state index contributed by atoms with van der Waals surface area (Å²) in [6.45, 7) is 0. The molecule has 0 heterocycles. The fourth-order valence-electron chi connectivity index (χ4n) is 1.37. The molecule has 1 nitrogen and oxygen atoms in total. The van der Waals surface area contributed by atoms with E-state index in [0.29, 0.717) is 0 Å². The highest BCUT2D eigenvalue weighted by Crippen LogP contribution is 2.37. The van der Waals surface area contributed by atoms with Crippen molar-refractivity contribution in [3.8, 4) is 11.5 Å². The molecule has 0 N–H and O–H groups in total. The SMILES string of the molecule is BrC(Br)c1ccccc1Oc1ccccc1. The lowest BCUT2D eigenvalue weighted by atomic mass is 10.2. The fourth-order valence-corrected chi connectivity index (χ4v) is 2.13. The maximum absolute atomic E-state index is 5.81. The Morgan fingerprint density at radius 3 is 2.12 bits per heavy atom. The molecule has 0 aliphatic heterocycles. The molecule has 0 bridgehead atoms. The van der Waals surface area contributed by atoms with Crippen LogP contribution in [0.25, 0.3) is 0 Å². The third-order valence-corrected chi connectivity index (χ3v) is 3.11. The first-order valence-corrected chi connectivity index (χ1v) is 6.70. The van der Waals surface area contributed by atoms with E-state index < -0.39 is 0 Å². The van der Waals surface area contributed by atoms with E-state index in [9.17, 15) is 0 Å². The molecule has 0 amide bonds. The second-order valence-corrected chi connectivity index (χ2v) is 6.31. The van der Waals surface area contributed by atoms with Gasteiger partial charge < -0.3 is 4.74 Å². The van der Waals surface area contributed by atoms with Crippen molar-refractivity contribution < 1.29 is 4.74 Å². The summed E-state index contributed by atoms with van der Waals surface area (Å²) in [5.41, 5.74) is 1.08. The van der Waals surface area contributed by atoms with Gasteiger partial charge in [0.15, 0.2) is 0 Å². The summed E-state index contributed by atoms with van der Waals surface area (Å²) in [6.07, 6.45) is 0. The minimum atomic E-state index is 0.0971. The second kappa shape index (κ2) is 5.51. The van der Waals surface area contributed by atoms with E-state index >= 15 is 0 Å². The van der Waals surface area contributed by atoms with Gasteiger partial charge in [-0.15, -0.1) is 0 Å². The zero-order chi connectivity index (χ0) is 11.4. The molecule has 0 saturated heterocycles. The van der Waals surface area contributed by atoms with Crippen molar-refractivity contribution in [2.24, 2.45) is 0 Å². The van der Waals surface area contributed by atoms with Crippen LogP contribution in [0.3, 0.4) is 0 Å². The average Bonchev–Trinajstić information content (AvgIpc) is 2.31. The number of alkyl halides is 2. The Balaban J connectivity index is 2.28. The summed E-state index contributed by atoms with van der Waals surface area (Å²) in [5.74, 6) is 1.70. The van der Waals surface area contributed by atoms with Crippen molar-refractivity contribution in [1.29, 1.82) is 0 Å². The molecular formula is C13H10Br2O. The third kappa shape index (κ3) is 2.86. The van der Waals surface area contributed by atoms with Gasteiger partial charge in [-0.2, -0.15) is 0 Å². The van der Waals surface area contributed by atoms with Crippen LogP contribution in [-0.2, 0) is 0 Å². The van der Waals surface area contributed by atoms with Gasteiger partial charge in [-0.05, 0) is 18.2 Å². The van der Waals surface area contributed by atoms with Crippen molar-refractivity contribution in [3.05, 3.63) is 60.2 Å². The quantitative estimate of drug-likeness (QED) is 0.691. The molecule has 0 radical (unpaired) electrons. The predicted molar refractivity (Wildman–Crippen MR) is 73.6 cm³/mol. The molecule has 82 valence electrons. The van der Waals surface area contributed by atoms with E-state index in [1.165, 1.54) is 0 Å². The van der Waals surface area contributed by atoms with Crippen LogP contribution < -0.4 is 4.74 Å². The maximum atomic E-state index is 5.81. The molecule has 0 aromatic heterocycles. The lowest BCUT2D eigenvalue weighted by Crippen LogP contribution is -1.89. The molecular weight excluding hydrogens is 332 g/mol. The van der Waals surface area contributed by atoms with Gasteiger partial charge in [-0.3, -0.25) is 0 Å². The third-order valence-electron chi connectivity index (χ3n) is 2.13. The Morgan fingerprint density at radius 2 is 1.44 bits per heavy atom. The highest BCUT2D eigenvalue weighted by Gasteiger charge is 2.09. The van der Waals surface area contributed by atoms with Crippen LogP contribution in [0.4, 0.5) is 0 Å². The Hall–Kier alpha value is -0.800. The van der Waals surface area contributed by atoms with E-state index in [4.69, 9.17) is 4.74 Å². The minimum absolute atomic E-state index is 0.0971. The summed E-state index contributed by atoms with van der Waals surface area (Å²) >= 11 is 6.97. The first-order valence-electron chi connectivity index (χ1n) is 4.87. The van der Waals surface area contributed by atoms with Crippen LogP contribution in [0.15, 0.2) is 54.6 Å². The first-order chi connectivity index (χ1) is 7.77. The van der Waals surface area contributed by atoms with E-state index in [2.05, 4.69) is 31.9 Å². The standard InChI is InChI=1S/C13H10Br2O/c14-13(15)11-8-4-5-9-12(11)16-10-6-2-1-3-7-10/h1-9,13H. The van der Waals surface area contributed by atoms with Crippen LogP contribution in [0.5, 0.6) is 11.5 Å². The summed E-state index contributed by atoms with van der Waals surface area (Å²) in [4.78, 5) is 0. The molecule has 0 atom stereocenters. The van der Waals surface area contributed by atoms with Crippen molar-refractivity contribution in [2.75, 3.05) is 0 Å². The van der Waals surface area contributed by atoms with Crippen LogP contribution in [0.1, 0.15) is 9.30 Å². The van der Waals surface area contributed by atoms with Crippen molar-refractivity contribution in [1.82, 2.24) is 0 Å². The number of ether oxygens (including phenoxy) is 1.